The zero-order valence-electron chi connectivity index (χ0n) is 11.9. The maximum Gasteiger partial charge on any atom is 0.268 e. The fraction of sp³-hybridized carbons (Fsp3) is 0.333. The number of aromatic nitrogens is 2. The molecule has 110 valence electrons. The molecule has 0 unspecified atom stereocenters. The highest BCUT2D eigenvalue weighted by Gasteiger charge is 2.08. The van der Waals surface area contributed by atoms with E-state index in [0.717, 1.165) is 10.4 Å². The second kappa shape index (κ2) is 6.57. The smallest absolute Gasteiger partial charge is 0.268 e. The van der Waals surface area contributed by atoms with E-state index in [9.17, 15) is 9.59 Å². The molecule has 0 radical (unpaired) electrons. The molecule has 0 saturated heterocycles. The highest BCUT2D eigenvalue weighted by atomic mass is 32.1. The predicted molar refractivity (Wildman–Crippen MR) is 82.8 cm³/mol. The number of nitrogens with zero attached hydrogens (tertiary/aromatic N) is 1. The van der Waals surface area contributed by atoms with Gasteiger partial charge in [-0.05, 0) is 19.9 Å². The topological polar surface area (TPSA) is 75.1 Å². The molecular weight excluding hydrogens is 288 g/mol. The second-order valence-corrected chi connectivity index (χ2v) is 5.66. The summed E-state index contributed by atoms with van der Waals surface area (Å²) in [4.78, 5) is 24.8. The van der Waals surface area contributed by atoms with Crippen molar-refractivity contribution < 1.29 is 5.11 Å². The Morgan fingerprint density at radius 3 is 2.81 bits per heavy atom. The third-order valence-electron chi connectivity index (χ3n) is 3.14. The number of hydrogen-bond donors (Lipinski definition) is 2. The first kappa shape index (κ1) is 15.3. The maximum atomic E-state index is 12.1. The molecule has 2 rings (SSSR count). The van der Waals surface area contributed by atoms with Crippen LogP contribution in [-0.2, 0) is 6.54 Å². The molecule has 0 aliphatic carbocycles. The van der Waals surface area contributed by atoms with Crippen molar-refractivity contribution in [2.24, 2.45) is 0 Å². The summed E-state index contributed by atoms with van der Waals surface area (Å²) < 4.78 is 1.32. The molecular formula is C15H16N2O3S. The van der Waals surface area contributed by atoms with E-state index in [4.69, 9.17) is 5.11 Å². The Morgan fingerprint density at radius 1 is 1.33 bits per heavy atom. The van der Waals surface area contributed by atoms with Gasteiger partial charge in [0.15, 0.2) is 0 Å². The molecule has 2 heterocycles. The Labute approximate surface area is 125 Å². The molecule has 0 bridgehead atoms. The molecule has 0 spiro atoms. The lowest BCUT2D eigenvalue weighted by Gasteiger charge is -2.06. The monoisotopic (exact) mass is 304 g/mol. The molecule has 0 aliphatic rings. The lowest BCUT2D eigenvalue weighted by Crippen LogP contribution is -2.33. The summed E-state index contributed by atoms with van der Waals surface area (Å²) >= 11 is 1.48. The molecule has 0 aliphatic heterocycles. The molecule has 2 N–H and O–H groups in total. The van der Waals surface area contributed by atoms with Crippen LogP contribution in [0.25, 0.3) is 0 Å². The number of H-pyrrole nitrogens is 1. The van der Waals surface area contributed by atoms with Gasteiger partial charge in [-0.3, -0.25) is 14.7 Å². The van der Waals surface area contributed by atoms with Gasteiger partial charge in [-0.25, -0.2) is 4.68 Å². The van der Waals surface area contributed by atoms with Gasteiger partial charge in [0.05, 0.1) is 13.2 Å². The van der Waals surface area contributed by atoms with Crippen molar-refractivity contribution in [2.75, 3.05) is 6.61 Å². The molecule has 6 heteroatoms. The predicted octanol–water partition coefficient (Wildman–Crippen LogP) is 0.997. The number of aromatic amines is 1. The van der Waals surface area contributed by atoms with Gasteiger partial charge in [0.25, 0.3) is 11.1 Å². The fourth-order valence-electron chi connectivity index (χ4n) is 1.81. The standard InChI is InChI=1S/C15H16N2O3S/c1-10-11(2)15(20)17(16-14(10)19)8-13-7-12(9-21-13)5-3-4-6-18/h7,9,18H,4,6,8H2,1-2H3,(H,16,19). The summed E-state index contributed by atoms with van der Waals surface area (Å²) in [5.74, 6) is 5.79. The molecule has 2 aromatic heterocycles. The Hall–Kier alpha value is -2.10. The van der Waals surface area contributed by atoms with Gasteiger partial charge in [-0.15, -0.1) is 11.3 Å². The normalized spacial score (nSPS) is 10.2. The van der Waals surface area contributed by atoms with Crippen LogP contribution < -0.4 is 11.1 Å². The first-order valence-electron chi connectivity index (χ1n) is 6.50. The van der Waals surface area contributed by atoms with Crippen LogP contribution in [0, 0.1) is 25.7 Å². The molecule has 2 aromatic rings. The van der Waals surface area contributed by atoms with E-state index in [1.165, 1.54) is 16.0 Å². The third kappa shape index (κ3) is 3.51. The quantitative estimate of drug-likeness (QED) is 0.831. The molecule has 0 fully saturated rings. The van der Waals surface area contributed by atoms with E-state index >= 15 is 0 Å². The Kier molecular flexibility index (Phi) is 4.78. The number of aliphatic hydroxyl groups excluding tert-OH is 1. The van der Waals surface area contributed by atoms with E-state index in [0.29, 0.717) is 24.1 Å². The van der Waals surface area contributed by atoms with Crippen LogP contribution in [0.5, 0.6) is 0 Å². The van der Waals surface area contributed by atoms with Crippen molar-refractivity contribution in [1.82, 2.24) is 9.78 Å². The van der Waals surface area contributed by atoms with Crippen molar-refractivity contribution in [3.05, 3.63) is 53.7 Å². The van der Waals surface area contributed by atoms with Gasteiger partial charge < -0.3 is 5.11 Å². The Morgan fingerprint density at radius 2 is 2.10 bits per heavy atom. The van der Waals surface area contributed by atoms with Crippen LogP contribution in [0.15, 0.2) is 21.0 Å². The summed E-state index contributed by atoms with van der Waals surface area (Å²) in [5.41, 5.74) is 1.35. The van der Waals surface area contributed by atoms with Crippen molar-refractivity contribution in [3.63, 3.8) is 0 Å². The average molecular weight is 304 g/mol. The molecule has 21 heavy (non-hydrogen) atoms. The van der Waals surface area contributed by atoms with Gasteiger partial charge in [0, 0.05) is 33.4 Å². The van der Waals surface area contributed by atoms with E-state index in [1.54, 1.807) is 13.8 Å². The van der Waals surface area contributed by atoms with Crippen molar-refractivity contribution in [2.45, 2.75) is 26.8 Å². The van der Waals surface area contributed by atoms with Gasteiger partial charge in [-0.1, -0.05) is 11.8 Å². The van der Waals surface area contributed by atoms with Crippen molar-refractivity contribution >= 4 is 11.3 Å². The minimum atomic E-state index is -0.244. The van der Waals surface area contributed by atoms with Crippen molar-refractivity contribution in [1.29, 1.82) is 0 Å². The summed E-state index contributed by atoms with van der Waals surface area (Å²) in [6, 6.07) is 1.88. The van der Waals surface area contributed by atoms with Gasteiger partial charge in [0.2, 0.25) is 0 Å². The largest absolute Gasteiger partial charge is 0.395 e. The van der Waals surface area contributed by atoms with Gasteiger partial charge >= 0.3 is 0 Å². The summed E-state index contributed by atoms with van der Waals surface area (Å²) in [6.45, 7) is 3.66. The number of nitrogens with one attached hydrogen (secondary N) is 1. The molecule has 0 amide bonds. The maximum absolute atomic E-state index is 12.1. The minimum Gasteiger partial charge on any atom is -0.395 e. The number of aliphatic hydroxyl groups is 1. The fourth-order valence-corrected chi connectivity index (χ4v) is 2.61. The number of hydrogen-bond acceptors (Lipinski definition) is 4. The van der Waals surface area contributed by atoms with Crippen LogP contribution in [0.3, 0.4) is 0 Å². The number of rotatable bonds is 3. The van der Waals surface area contributed by atoms with E-state index in [1.807, 2.05) is 11.4 Å². The highest BCUT2D eigenvalue weighted by molar-refractivity contribution is 7.10. The Bertz CT molecular complexity index is 818. The van der Waals surface area contributed by atoms with Crippen LogP contribution in [0.4, 0.5) is 0 Å². The molecule has 5 nitrogen and oxygen atoms in total. The molecule has 0 aromatic carbocycles. The second-order valence-electron chi connectivity index (χ2n) is 4.66. The average Bonchev–Trinajstić information content (AvgIpc) is 2.90. The van der Waals surface area contributed by atoms with Crippen LogP contribution in [-0.4, -0.2) is 21.5 Å². The van der Waals surface area contributed by atoms with E-state index in [2.05, 4.69) is 16.9 Å². The first-order chi connectivity index (χ1) is 10.0. The SMILES string of the molecule is Cc1c(C)c(=O)n(Cc2cc(C#CCCO)cs2)[nH]c1=O. The Balaban J connectivity index is 2.26. The third-order valence-corrected chi connectivity index (χ3v) is 4.06. The van der Waals surface area contributed by atoms with Crippen LogP contribution >= 0.6 is 11.3 Å². The number of thiophene rings is 1. The van der Waals surface area contributed by atoms with E-state index < -0.39 is 0 Å². The van der Waals surface area contributed by atoms with E-state index in [-0.39, 0.29) is 17.7 Å². The summed E-state index contributed by atoms with van der Waals surface area (Å²) in [6.07, 6.45) is 0.440. The zero-order chi connectivity index (χ0) is 15.4. The summed E-state index contributed by atoms with van der Waals surface area (Å²) in [7, 11) is 0. The lowest BCUT2D eigenvalue weighted by molar-refractivity contribution is 0.305. The molecule has 0 atom stereocenters. The van der Waals surface area contributed by atoms with Crippen molar-refractivity contribution in [3.8, 4) is 11.8 Å². The molecule has 0 saturated carbocycles. The van der Waals surface area contributed by atoms with Crippen LogP contribution in [0.2, 0.25) is 0 Å². The van der Waals surface area contributed by atoms with Gasteiger partial charge in [-0.2, -0.15) is 0 Å². The minimum absolute atomic E-state index is 0.0449. The van der Waals surface area contributed by atoms with Crippen LogP contribution in [0.1, 0.15) is 28.0 Å². The summed E-state index contributed by atoms with van der Waals surface area (Å²) in [5, 5.41) is 13.2. The van der Waals surface area contributed by atoms with Gasteiger partial charge in [0.1, 0.15) is 0 Å². The highest BCUT2D eigenvalue weighted by Crippen LogP contribution is 2.14. The zero-order valence-corrected chi connectivity index (χ0v) is 12.7. The lowest BCUT2D eigenvalue weighted by atomic mass is 10.2. The first-order valence-corrected chi connectivity index (χ1v) is 7.38.